The molecule has 3 aromatic rings. The number of rotatable bonds is 5. The molecule has 0 spiro atoms. The molecule has 2 aromatic heterocycles. The Morgan fingerprint density at radius 1 is 1.10 bits per heavy atom. The van der Waals surface area contributed by atoms with Crippen molar-refractivity contribution in [3.8, 4) is 16.5 Å². The van der Waals surface area contributed by atoms with Crippen LogP contribution in [-0.4, -0.2) is 74.6 Å². The predicted molar refractivity (Wildman–Crippen MR) is 179 cm³/mol. The summed E-state index contributed by atoms with van der Waals surface area (Å²) < 4.78 is 12.0. The van der Waals surface area contributed by atoms with Crippen molar-refractivity contribution in [2.24, 2.45) is 11.8 Å². The number of hydrogen-bond donors (Lipinski definition) is 4. The van der Waals surface area contributed by atoms with Crippen molar-refractivity contribution in [2.45, 2.75) is 88.6 Å². The number of ether oxygens (including phenoxy) is 2. The van der Waals surface area contributed by atoms with Crippen molar-refractivity contribution in [2.75, 3.05) is 6.54 Å². The van der Waals surface area contributed by atoms with Gasteiger partial charge in [-0.25, -0.2) is 20.6 Å². The minimum Gasteiger partial charge on any atom is -0.471 e. The maximum Gasteiger partial charge on any atom is 0.408 e. The van der Waals surface area contributed by atoms with E-state index in [-0.39, 0.29) is 24.8 Å². The SMILES string of the molecule is CC(C)(C)OC(=O)N[C@H]1CCCC/C=C\[C@@H]2C[C@@]2(C(=O)NN)NC(=O)[C@@H]2C[C@@H](Oc3nc4ccccc4nc3-c3cccs3)CN2C1=O. The normalized spacial score (nSPS) is 26.8. The van der Waals surface area contributed by atoms with Gasteiger partial charge in [-0.3, -0.25) is 19.8 Å². The van der Waals surface area contributed by atoms with Gasteiger partial charge in [-0.2, -0.15) is 0 Å². The molecule has 14 heteroatoms. The number of nitrogens with one attached hydrogen (secondary N) is 3. The van der Waals surface area contributed by atoms with Crippen LogP contribution >= 0.6 is 11.3 Å². The lowest BCUT2D eigenvalue weighted by atomic mass is 10.0. The molecule has 0 radical (unpaired) electrons. The molecule has 2 fully saturated rings. The molecule has 2 aliphatic heterocycles. The lowest BCUT2D eigenvalue weighted by molar-refractivity contribution is -0.141. The van der Waals surface area contributed by atoms with Crippen LogP contribution in [0.2, 0.25) is 0 Å². The smallest absolute Gasteiger partial charge is 0.408 e. The Hall–Kier alpha value is -4.56. The van der Waals surface area contributed by atoms with E-state index in [1.54, 1.807) is 20.8 Å². The van der Waals surface area contributed by atoms with E-state index in [9.17, 15) is 19.2 Å². The first-order chi connectivity index (χ1) is 23.0. The molecule has 254 valence electrons. The number of carbonyl (C=O) groups is 4. The molecule has 0 unspecified atom stereocenters. The first kappa shape index (κ1) is 33.3. The highest BCUT2D eigenvalue weighted by Gasteiger charge is 2.61. The molecule has 1 saturated heterocycles. The number of aromatic nitrogens is 2. The fraction of sp³-hybridized carbons (Fsp3) is 0.471. The van der Waals surface area contributed by atoms with Crippen LogP contribution in [0.15, 0.2) is 53.9 Å². The number of hydrazine groups is 1. The van der Waals surface area contributed by atoms with Gasteiger partial charge in [0.1, 0.15) is 35.0 Å². The summed E-state index contributed by atoms with van der Waals surface area (Å²) in [6.45, 7) is 5.28. The van der Waals surface area contributed by atoms with E-state index in [4.69, 9.17) is 25.3 Å². The molecule has 0 bridgehead atoms. The third kappa shape index (κ3) is 7.14. The van der Waals surface area contributed by atoms with Crippen LogP contribution in [0.4, 0.5) is 4.79 Å². The molecule has 48 heavy (non-hydrogen) atoms. The zero-order valence-electron chi connectivity index (χ0n) is 27.2. The first-order valence-corrected chi connectivity index (χ1v) is 17.1. The van der Waals surface area contributed by atoms with Crippen LogP contribution in [0.5, 0.6) is 5.88 Å². The second kappa shape index (κ2) is 13.5. The zero-order valence-corrected chi connectivity index (χ0v) is 28.0. The summed E-state index contributed by atoms with van der Waals surface area (Å²) in [5.41, 5.74) is 2.11. The van der Waals surface area contributed by atoms with Gasteiger partial charge in [0.2, 0.25) is 17.7 Å². The topological polar surface area (TPSA) is 178 Å². The zero-order chi connectivity index (χ0) is 34.1. The van der Waals surface area contributed by atoms with Crippen LogP contribution in [0.3, 0.4) is 0 Å². The average Bonchev–Trinajstić information content (AvgIpc) is 3.36. The van der Waals surface area contributed by atoms with E-state index < -0.39 is 53.1 Å². The van der Waals surface area contributed by atoms with Gasteiger partial charge in [-0.1, -0.05) is 36.8 Å². The van der Waals surface area contributed by atoms with Gasteiger partial charge in [0.25, 0.3) is 5.91 Å². The minimum atomic E-state index is -1.22. The number of fused-ring (bicyclic) bond motifs is 3. The quantitative estimate of drug-likeness (QED) is 0.136. The first-order valence-electron chi connectivity index (χ1n) is 16.2. The van der Waals surface area contributed by atoms with Crippen LogP contribution < -0.4 is 26.6 Å². The third-order valence-corrected chi connectivity index (χ3v) is 9.66. The molecule has 4 amide bonds. The fourth-order valence-electron chi connectivity index (χ4n) is 6.36. The van der Waals surface area contributed by atoms with Crippen molar-refractivity contribution in [1.29, 1.82) is 0 Å². The summed E-state index contributed by atoms with van der Waals surface area (Å²) in [7, 11) is 0. The molecular formula is C34H41N7O6S. The molecule has 1 aliphatic carbocycles. The number of para-hydroxylation sites is 2. The van der Waals surface area contributed by atoms with Crippen molar-refractivity contribution < 1.29 is 28.7 Å². The lowest BCUT2D eigenvalue weighted by Crippen LogP contribution is -2.58. The van der Waals surface area contributed by atoms with Crippen molar-refractivity contribution in [3.63, 3.8) is 0 Å². The highest BCUT2D eigenvalue weighted by atomic mass is 32.1. The van der Waals surface area contributed by atoms with Gasteiger partial charge >= 0.3 is 6.09 Å². The van der Waals surface area contributed by atoms with E-state index in [0.29, 0.717) is 42.4 Å². The van der Waals surface area contributed by atoms with E-state index in [1.807, 2.05) is 53.9 Å². The molecular weight excluding hydrogens is 634 g/mol. The maximum absolute atomic E-state index is 14.3. The standard InChI is InChI=1S/C34H41N7O6S/c1-33(2,3)47-32(45)38-24-14-7-5-4-6-11-20-18-34(20,31(44)40-35)39-28(42)25-17-21(19-41(25)30(24)43)46-29-27(26-15-10-16-48-26)36-22-12-8-9-13-23(22)37-29/h6,8-13,15-16,20-21,24-25H,4-5,7,14,17-19,35H2,1-3H3,(H,38,45)(H,39,42)(H,40,44)/b11-6-/t20-,21-,24+,25+,34-/m1/s1. The Labute approximate surface area is 282 Å². The minimum absolute atomic E-state index is 0.0429. The van der Waals surface area contributed by atoms with Gasteiger partial charge in [0, 0.05) is 12.3 Å². The monoisotopic (exact) mass is 675 g/mol. The van der Waals surface area contributed by atoms with Crippen LogP contribution in [0.1, 0.15) is 59.3 Å². The lowest BCUT2D eigenvalue weighted by Gasteiger charge is -2.30. The molecule has 5 atom stereocenters. The number of hydrogen-bond acceptors (Lipinski definition) is 10. The average molecular weight is 676 g/mol. The Bertz CT molecular complexity index is 1720. The Morgan fingerprint density at radius 3 is 2.58 bits per heavy atom. The molecule has 5 N–H and O–H groups in total. The summed E-state index contributed by atoms with van der Waals surface area (Å²) in [5, 5.41) is 7.61. The van der Waals surface area contributed by atoms with Crippen molar-refractivity contribution in [3.05, 3.63) is 53.9 Å². The summed E-state index contributed by atoms with van der Waals surface area (Å²) >= 11 is 1.50. The Kier molecular flexibility index (Phi) is 9.39. The number of nitrogens with two attached hydrogens (primary N) is 1. The number of carbonyl (C=O) groups excluding carboxylic acids is 4. The second-order valence-electron chi connectivity index (χ2n) is 13.5. The van der Waals surface area contributed by atoms with Crippen LogP contribution in [0.25, 0.3) is 21.6 Å². The number of nitrogens with zero attached hydrogens (tertiary/aromatic N) is 3. The highest BCUT2D eigenvalue weighted by Crippen LogP contribution is 2.45. The summed E-state index contributed by atoms with van der Waals surface area (Å²) in [6, 6.07) is 9.37. The third-order valence-electron chi connectivity index (χ3n) is 8.79. The largest absolute Gasteiger partial charge is 0.471 e. The van der Waals surface area contributed by atoms with Crippen LogP contribution in [0, 0.1) is 5.92 Å². The summed E-state index contributed by atoms with van der Waals surface area (Å²) in [5.74, 6) is 4.15. The van der Waals surface area contributed by atoms with Gasteiger partial charge in [-0.15, -0.1) is 11.3 Å². The molecule has 1 aromatic carbocycles. The number of benzene rings is 1. The van der Waals surface area contributed by atoms with Gasteiger partial charge in [0.15, 0.2) is 0 Å². The molecule has 6 rings (SSSR count). The van der Waals surface area contributed by atoms with E-state index >= 15 is 0 Å². The highest BCUT2D eigenvalue weighted by molar-refractivity contribution is 7.13. The van der Waals surface area contributed by atoms with Gasteiger partial charge in [0.05, 0.1) is 22.5 Å². The van der Waals surface area contributed by atoms with Gasteiger partial charge in [-0.05, 0) is 70.0 Å². The molecule has 1 saturated carbocycles. The molecule has 13 nitrogen and oxygen atoms in total. The number of alkyl carbamates (subject to hydrolysis) is 1. The van der Waals surface area contributed by atoms with E-state index in [1.165, 1.54) is 16.2 Å². The molecule has 3 aliphatic rings. The summed E-state index contributed by atoms with van der Waals surface area (Å²) in [4.78, 5) is 66.1. The van der Waals surface area contributed by atoms with Crippen molar-refractivity contribution in [1.82, 2.24) is 30.9 Å². The predicted octanol–water partition coefficient (Wildman–Crippen LogP) is 3.59. The van der Waals surface area contributed by atoms with E-state index in [0.717, 1.165) is 11.3 Å². The number of allylic oxidation sites excluding steroid dienone is 1. The van der Waals surface area contributed by atoms with E-state index in [2.05, 4.69) is 16.1 Å². The molecule has 4 heterocycles. The van der Waals surface area contributed by atoms with Crippen LogP contribution in [-0.2, 0) is 19.1 Å². The Balaban J connectivity index is 1.33. The summed E-state index contributed by atoms with van der Waals surface area (Å²) in [6.07, 6.45) is 5.51. The van der Waals surface area contributed by atoms with Gasteiger partial charge < -0.3 is 25.0 Å². The number of amides is 4. The Morgan fingerprint density at radius 2 is 1.88 bits per heavy atom. The van der Waals surface area contributed by atoms with Crippen molar-refractivity contribution >= 4 is 46.2 Å². The second-order valence-corrected chi connectivity index (χ2v) is 14.4. The number of thiophene rings is 1. The maximum atomic E-state index is 14.3. The fourth-order valence-corrected chi connectivity index (χ4v) is 7.07.